The molecule has 4 rings (SSSR count). The molecule has 2 aromatic heterocycles. The molecule has 1 amide bonds. The molecule has 0 aliphatic heterocycles. The van der Waals surface area contributed by atoms with Crippen LogP contribution in [0.3, 0.4) is 0 Å². The number of fused-ring (bicyclic) bond motifs is 3. The van der Waals surface area contributed by atoms with Crippen LogP contribution in [0.4, 0.5) is 5.69 Å². The smallest absolute Gasteiger partial charge is 0.234 e. The van der Waals surface area contributed by atoms with Crippen molar-refractivity contribution in [2.45, 2.75) is 25.3 Å². The molecule has 4 aromatic rings. The molecule has 0 aliphatic carbocycles. The molecule has 0 spiro atoms. The van der Waals surface area contributed by atoms with E-state index in [4.69, 9.17) is 9.15 Å². The number of nitrogens with zero attached hydrogens (tertiary/aromatic N) is 2. The molecule has 2 aromatic carbocycles. The lowest BCUT2D eigenvalue weighted by Gasteiger charge is -2.07. The van der Waals surface area contributed by atoms with Gasteiger partial charge < -0.3 is 14.5 Å². The Labute approximate surface area is 172 Å². The first-order valence-electron chi connectivity index (χ1n) is 9.51. The summed E-state index contributed by atoms with van der Waals surface area (Å²) in [5, 5.41) is 4.54. The zero-order chi connectivity index (χ0) is 20.2. The van der Waals surface area contributed by atoms with Gasteiger partial charge in [-0.1, -0.05) is 30.8 Å². The standard InChI is InChI=1S/C22H21N3O3S/c1-3-18-24-20-16-7-5-6-8-17(16)28-21(20)22(25-18)29-13-19(26)23-14-9-11-15(12-10-14)27-4-2/h5-12H,3-4,13H2,1-2H3,(H,23,26). The Morgan fingerprint density at radius 3 is 2.66 bits per heavy atom. The van der Waals surface area contributed by atoms with Gasteiger partial charge in [0.2, 0.25) is 5.91 Å². The van der Waals surface area contributed by atoms with E-state index in [-0.39, 0.29) is 11.7 Å². The number of para-hydroxylation sites is 1. The Hall–Kier alpha value is -3.06. The molecule has 0 saturated heterocycles. The number of aryl methyl sites for hydroxylation is 1. The highest BCUT2D eigenvalue weighted by atomic mass is 32.2. The van der Waals surface area contributed by atoms with E-state index in [1.807, 2.05) is 62.4 Å². The van der Waals surface area contributed by atoms with Gasteiger partial charge in [-0.15, -0.1) is 0 Å². The van der Waals surface area contributed by atoms with Crippen molar-refractivity contribution >= 4 is 45.4 Å². The maximum absolute atomic E-state index is 12.4. The van der Waals surface area contributed by atoms with Crippen molar-refractivity contribution < 1.29 is 13.9 Å². The molecule has 0 saturated carbocycles. The van der Waals surface area contributed by atoms with E-state index in [2.05, 4.69) is 15.3 Å². The van der Waals surface area contributed by atoms with Gasteiger partial charge in [0.05, 0.1) is 12.4 Å². The van der Waals surface area contributed by atoms with Crippen LogP contribution in [0.25, 0.3) is 22.1 Å². The number of aromatic nitrogens is 2. The Morgan fingerprint density at radius 1 is 1.10 bits per heavy atom. The van der Waals surface area contributed by atoms with Crippen LogP contribution in [-0.2, 0) is 11.2 Å². The van der Waals surface area contributed by atoms with Crippen molar-refractivity contribution in [1.82, 2.24) is 9.97 Å². The second-order valence-corrected chi connectivity index (χ2v) is 7.33. The highest BCUT2D eigenvalue weighted by Crippen LogP contribution is 2.33. The Balaban J connectivity index is 1.52. The molecule has 0 fully saturated rings. The summed E-state index contributed by atoms with van der Waals surface area (Å²) in [5.74, 6) is 1.62. The van der Waals surface area contributed by atoms with Crippen LogP contribution in [0.2, 0.25) is 0 Å². The minimum Gasteiger partial charge on any atom is -0.494 e. The first-order chi connectivity index (χ1) is 14.2. The normalized spacial score (nSPS) is 11.1. The van der Waals surface area contributed by atoms with E-state index in [1.54, 1.807) is 0 Å². The predicted octanol–water partition coefficient (Wildman–Crippen LogP) is 5.07. The molecular formula is C22H21N3O3S. The summed E-state index contributed by atoms with van der Waals surface area (Å²) in [4.78, 5) is 21.6. The van der Waals surface area contributed by atoms with Gasteiger partial charge >= 0.3 is 0 Å². The van der Waals surface area contributed by atoms with Gasteiger partial charge in [-0.3, -0.25) is 4.79 Å². The van der Waals surface area contributed by atoms with Crippen molar-refractivity contribution in [3.63, 3.8) is 0 Å². The zero-order valence-electron chi connectivity index (χ0n) is 16.3. The second kappa shape index (κ2) is 8.53. The molecular weight excluding hydrogens is 386 g/mol. The molecule has 1 N–H and O–H groups in total. The average Bonchev–Trinajstić information content (AvgIpc) is 3.12. The number of thioether (sulfide) groups is 1. The van der Waals surface area contributed by atoms with Gasteiger partial charge in [0.1, 0.15) is 27.7 Å². The molecule has 0 unspecified atom stereocenters. The summed E-state index contributed by atoms with van der Waals surface area (Å²) in [5.41, 5.74) is 2.92. The molecule has 0 radical (unpaired) electrons. The van der Waals surface area contributed by atoms with E-state index in [9.17, 15) is 4.79 Å². The molecule has 7 heteroatoms. The topological polar surface area (TPSA) is 77.2 Å². The largest absolute Gasteiger partial charge is 0.494 e. The van der Waals surface area contributed by atoms with E-state index < -0.39 is 0 Å². The molecule has 0 aliphatic rings. The minimum absolute atomic E-state index is 0.111. The number of hydrogen-bond donors (Lipinski definition) is 1. The molecule has 0 atom stereocenters. The lowest BCUT2D eigenvalue weighted by atomic mass is 10.2. The quantitative estimate of drug-likeness (QED) is 0.340. The highest BCUT2D eigenvalue weighted by molar-refractivity contribution is 8.00. The fraction of sp³-hybridized carbons (Fsp3) is 0.227. The Bertz CT molecular complexity index is 1160. The molecule has 0 bridgehead atoms. The van der Waals surface area contributed by atoms with Gasteiger partial charge in [-0.05, 0) is 43.3 Å². The fourth-order valence-corrected chi connectivity index (χ4v) is 3.78. The van der Waals surface area contributed by atoms with Crippen LogP contribution in [0.1, 0.15) is 19.7 Å². The number of amides is 1. The van der Waals surface area contributed by atoms with Crippen molar-refractivity contribution in [2.24, 2.45) is 0 Å². The number of nitrogens with one attached hydrogen (secondary N) is 1. The maximum Gasteiger partial charge on any atom is 0.234 e. The number of furan rings is 1. The van der Waals surface area contributed by atoms with Crippen LogP contribution < -0.4 is 10.1 Å². The van der Waals surface area contributed by atoms with Gasteiger partial charge in [-0.25, -0.2) is 9.97 Å². The first kappa shape index (κ1) is 19.3. The highest BCUT2D eigenvalue weighted by Gasteiger charge is 2.16. The SMILES string of the molecule is CCOc1ccc(NC(=O)CSc2nc(CC)nc3c2oc2ccccc23)cc1. The molecule has 6 nitrogen and oxygen atoms in total. The number of benzene rings is 2. The third-order valence-corrected chi connectivity index (χ3v) is 5.30. The van der Waals surface area contributed by atoms with Crippen LogP contribution in [0.5, 0.6) is 5.75 Å². The van der Waals surface area contributed by atoms with Crippen LogP contribution in [0.15, 0.2) is 58.0 Å². The third-order valence-electron chi connectivity index (χ3n) is 4.34. The van der Waals surface area contributed by atoms with Crippen LogP contribution in [0, 0.1) is 0 Å². The van der Waals surface area contributed by atoms with E-state index in [0.29, 0.717) is 23.6 Å². The fourth-order valence-electron chi connectivity index (χ4n) is 3.00. The van der Waals surface area contributed by atoms with Crippen molar-refractivity contribution in [3.8, 4) is 5.75 Å². The number of carbonyl (C=O) groups is 1. The van der Waals surface area contributed by atoms with Crippen LogP contribution >= 0.6 is 11.8 Å². The molecule has 148 valence electrons. The monoisotopic (exact) mass is 407 g/mol. The van der Waals surface area contributed by atoms with Gasteiger partial charge in [-0.2, -0.15) is 0 Å². The lowest BCUT2D eigenvalue weighted by molar-refractivity contribution is -0.113. The molecule has 29 heavy (non-hydrogen) atoms. The van der Waals surface area contributed by atoms with E-state index >= 15 is 0 Å². The predicted molar refractivity (Wildman–Crippen MR) is 116 cm³/mol. The number of rotatable bonds is 7. The van der Waals surface area contributed by atoms with Crippen molar-refractivity contribution in [2.75, 3.05) is 17.7 Å². The maximum atomic E-state index is 12.4. The van der Waals surface area contributed by atoms with Gasteiger partial charge in [0.25, 0.3) is 0 Å². The number of anilines is 1. The zero-order valence-corrected chi connectivity index (χ0v) is 17.1. The summed E-state index contributed by atoms with van der Waals surface area (Å²) in [6.07, 6.45) is 0.710. The minimum atomic E-state index is -0.111. The summed E-state index contributed by atoms with van der Waals surface area (Å²) >= 11 is 1.35. The summed E-state index contributed by atoms with van der Waals surface area (Å²) in [6.45, 7) is 4.55. The van der Waals surface area contributed by atoms with Gasteiger partial charge in [0.15, 0.2) is 5.58 Å². The molecule has 2 heterocycles. The second-order valence-electron chi connectivity index (χ2n) is 6.37. The number of hydrogen-bond acceptors (Lipinski definition) is 6. The first-order valence-corrected chi connectivity index (χ1v) is 10.5. The summed E-state index contributed by atoms with van der Waals surface area (Å²) in [7, 11) is 0. The summed E-state index contributed by atoms with van der Waals surface area (Å²) in [6, 6.07) is 15.1. The van der Waals surface area contributed by atoms with E-state index in [0.717, 1.165) is 33.7 Å². The van der Waals surface area contributed by atoms with Crippen LogP contribution in [-0.4, -0.2) is 28.2 Å². The lowest BCUT2D eigenvalue weighted by Crippen LogP contribution is -2.14. The Kier molecular flexibility index (Phi) is 5.67. The third kappa shape index (κ3) is 4.19. The van der Waals surface area contributed by atoms with Crippen molar-refractivity contribution in [3.05, 3.63) is 54.4 Å². The van der Waals surface area contributed by atoms with Gasteiger partial charge in [0, 0.05) is 17.5 Å². The summed E-state index contributed by atoms with van der Waals surface area (Å²) < 4.78 is 11.4. The number of carbonyl (C=O) groups excluding carboxylic acids is 1. The number of ether oxygens (including phenoxy) is 1. The average molecular weight is 407 g/mol. The Morgan fingerprint density at radius 2 is 1.90 bits per heavy atom. The van der Waals surface area contributed by atoms with E-state index in [1.165, 1.54) is 11.8 Å². The van der Waals surface area contributed by atoms with Crippen molar-refractivity contribution in [1.29, 1.82) is 0 Å².